The van der Waals surface area contributed by atoms with Gasteiger partial charge in [0.15, 0.2) is 11.2 Å². The van der Waals surface area contributed by atoms with Gasteiger partial charge >= 0.3 is 0 Å². The zero-order valence-corrected chi connectivity index (χ0v) is 31.5. The second kappa shape index (κ2) is 12.2. The van der Waals surface area contributed by atoms with Crippen molar-refractivity contribution in [1.82, 2.24) is 24.1 Å². The summed E-state index contributed by atoms with van der Waals surface area (Å²) in [7, 11) is 0. The van der Waals surface area contributed by atoms with Gasteiger partial charge in [-0.15, -0.1) is 0 Å². The van der Waals surface area contributed by atoms with Gasteiger partial charge in [-0.3, -0.25) is 9.55 Å². The molecule has 6 nitrogen and oxygen atoms in total. The van der Waals surface area contributed by atoms with E-state index in [-0.39, 0.29) is 0 Å². The van der Waals surface area contributed by atoms with Crippen LogP contribution in [0.4, 0.5) is 0 Å². The molecule has 8 aromatic carbocycles. The Hall–Kier alpha value is -8.09. The molecule has 0 spiro atoms. The summed E-state index contributed by atoms with van der Waals surface area (Å²) in [6.07, 6.45) is 1.84. The van der Waals surface area contributed by atoms with E-state index in [0.29, 0.717) is 5.95 Å². The van der Waals surface area contributed by atoms with Crippen LogP contribution in [0.15, 0.2) is 193 Å². The van der Waals surface area contributed by atoms with Crippen molar-refractivity contribution in [3.05, 3.63) is 188 Å². The Morgan fingerprint density at radius 2 is 1.05 bits per heavy atom. The Balaban J connectivity index is 1.15. The first-order chi connectivity index (χ1) is 29.3. The predicted molar refractivity (Wildman–Crippen MR) is 242 cm³/mol. The number of nitrogens with zero attached hydrogens (tertiary/aromatic N) is 5. The average molecular weight is 754 g/mol. The largest absolute Gasteiger partial charge is 0.452 e. The van der Waals surface area contributed by atoms with Crippen molar-refractivity contribution in [2.75, 3.05) is 0 Å². The van der Waals surface area contributed by atoms with Crippen molar-refractivity contribution in [2.24, 2.45) is 0 Å². The van der Waals surface area contributed by atoms with E-state index in [9.17, 15) is 0 Å². The number of aromatic nitrogens is 5. The lowest BCUT2D eigenvalue weighted by Crippen LogP contribution is -2.03. The molecule has 0 atom stereocenters. The number of para-hydroxylation sites is 3. The number of benzene rings is 8. The van der Waals surface area contributed by atoms with Crippen LogP contribution in [0.3, 0.4) is 0 Å². The molecule has 274 valence electrons. The summed E-state index contributed by atoms with van der Waals surface area (Å²) < 4.78 is 11.4. The number of hydrogen-bond acceptors (Lipinski definition) is 4. The van der Waals surface area contributed by atoms with E-state index in [0.717, 1.165) is 93.6 Å². The highest BCUT2D eigenvalue weighted by Gasteiger charge is 2.26. The van der Waals surface area contributed by atoms with E-state index in [1.54, 1.807) is 0 Å². The van der Waals surface area contributed by atoms with Gasteiger partial charge in [0.25, 0.3) is 0 Å². The Morgan fingerprint density at radius 3 is 1.85 bits per heavy atom. The highest BCUT2D eigenvalue weighted by molar-refractivity contribution is 6.34. The molecule has 5 aromatic heterocycles. The number of fused-ring (bicyclic) bond motifs is 14. The first-order valence-electron chi connectivity index (χ1n) is 19.9. The average Bonchev–Trinajstić information content (AvgIpc) is 3.97. The molecule has 0 aliphatic carbocycles. The number of rotatable bonds is 4. The van der Waals surface area contributed by atoms with Crippen molar-refractivity contribution < 1.29 is 4.42 Å². The maximum absolute atomic E-state index is 6.87. The van der Waals surface area contributed by atoms with Crippen molar-refractivity contribution in [3.63, 3.8) is 0 Å². The number of hydrogen-bond donors (Lipinski definition) is 0. The topological polar surface area (TPSA) is 61.7 Å². The molecule has 0 saturated carbocycles. The van der Waals surface area contributed by atoms with Gasteiger partial charge in [-0.2, -0.15) is 0 Å². The molecule has 0 bridgehead atoms. The van der Waals surface area contributed by atoms with Gasteiger partial charge in [-0.05, 0) is 82.6 Å². The zero-order valence-electron chi connectivity index (χ0n) is 31.5. The standard InChI is InChI=1S/C53H31N5O/c1-3-14-32(15-4-1)49-39-21-9-11-22-42(39)55-53(56-49)58-45-28-26-34(33-25-27-44-40(30-33)36-18-10-12-23-43(36)57(44)35-16-5-2-6-17-35)31-41(45)47-37-19-7-8-20-38(37)48-50-46(24-13-29-54-50)59-52(48)51(47)58/h1-31H. The Kier molecular flexibility index (Phi) is 6.63. The molecule has 0 fully saturated rings. The molecule has 0 aliphatic heterocycles. The Morgan fingerprint density at radius 1 is 0.424 bits per heavy atom. The van der Waals surface area contributed by atoms with Gasteiger partial charge in [0.05, 0.1) is 33.1 Å². The van der Waals surface area contributed by atoms with Crippen LogP contribution in [0.1, 0.15) is 0 Å². The molecule has 0 saturated heterocycles. The summed E-state index contributed by atoms with van der Waals surface area (Å²) in [4.78, 5) is 15.6. The van der Waals surface area contributed by atoms with Crippen LogP contribution in [-0.4, -0.2) is 24.1 Å². The summed E-state index contributed by atoms with van der Waals surface area (Å²) in [6.45, 7) is 0. The first-order valence-corrected chi connectivity index (χ1v) is 19.9. The molecular formula is C53H31N5O. The molecular weight excluding hydrogens is 723 g/mol. The van der Waals surface area contributed by atoms with E-state index in [1.807, 2.05) is 36.5 Å². The van der Waals surface area contributed by atoms with E-state index >= 15 is 0 Å². The van der Waals surface area contributed by atoms with E-state index in [4.69, 9.17) is 19.4 Å². The molecule has 59 heavy (non-hydrogen) atoms. The van der Waals surface area contributed by atoms with Crippen LogP contribution >= 0.6 is 0 Å². The zero-order chi connectivity index (χ0) is 38.6. The summed E-state index contributed by atoms with van der Waals surface area (Å²) in [5.41, 5.74) is 12.8. The first kappa shape index (κ1) is 32.0. The minimum absolute atomic E-state index is 0.579. The molecule has 13 rings (SSSR count). The van der Waals surface area contributed by atoms with Gasteiger partial charge in [0, 0.05) is 44.4 Å². The van der Waals surface area contributed by atoms with Crippen molar-refractivity contribution in [2.45, 2.75) is 0 Å². The quantitative estimate of drug-likeness (QED) is 0.180. The molecule has 0 aliphatic rings. The van der Waals surface area contributed by atoms with E-state index in [2.05, 4.69) is 161 Å². The third-order valence-corrected chi connectivity index (χ3v) is 12.0. The third-order valence-electron chi connectivity index (χ3n) is 12.0. The summed E-state index contributed by atoms with van der Waals surface area (Å²) in [6, 6.07) is 64.1. The summed E-state index contributed by atoms with van der Waals surface area (Å²) in [5.74, 6) is 0.579. The minimum Gasteiger partial charge on any atom is -0.452 e. The highest BCUT2D eigenvalue weighted by atomic mass is 16.3. The van der Waals surface area contributed by atoms with E-state index in [1.165, 1.54) is 21.8 Å². The third kappa shape index (κ3) is 4.59. The highest BCUT2D eigenvalue weighted by Crippen LogP contribution is 2.46. The predicted octanol–water partition coefficient (Wildman–Crippen LogP) is 13.6. The van der Waals surface area contributed by atoms with Crippen LogP contribution < -0.4 is 0 Å². The second-order valence-corrected chi connectivity index (χ2v) is 15.2. The molecule has 0 amide bonds. The van der Waals surface area contributed by atoms with Gasteiger partial charge in [0.1, 0.15) is 11.0 Å². The van der Waals surface area contributed by atoms with Crippen LogP contribution in [-0.2, 0) is 0 Å². The van der Waals surface area contributed by atoms with Gasteiger partial charge in [0.2, 0.25) is 5.95 Å². The fourth-order valence-corrected chi connectivity index (χ4v) is 9.42. The smallest absolute Gasteiger partial charge is 0.235 e. The molecule has 0 N–H and O–H groups in total. The monoisotopic (exact) mass is 753 g/mol. The SMILES string of the molecule is c1ccc(-c2nc(-n3c4ccc(-c5ccc6c(c5)c5ccccc5n6-c5ccccc5)cc4c4c5ccccc5c5c6ncccc6oc5c43)nc3ccccc23)cc1. The van der Waals surface area contributed by atoms with Crippen LogP contribution in [0.5, 0.6) is 0 Å². The number of furan rings is 1. The fraction of sp³-hybridized carbons (Fsp3) is 0. The summed E-state index contributed by atoms with van der Waals surface area (Å²) >= 11 is 0. The molecule has 0 unspecified atom stereocenters. The maximum Gasteiger partial charge on any atom is 0.235 e. The van der Waals surface area contributed by atoms with Crippen LogP contribution in [0, 0.1) is 0 Å². The Labute approximate surface area is 336 Å². The van der Waals surface area contributed by atoms with Crippen LogP contribution in [0.25, 0.3) is 121 Å². The Bertz CT molecular complexity index is 3840. The van der Waals surface area contributed by atoms with Crippen molar-refractivity contribution in [1.29, 1.82) is 0 Å². The number of pyridine rings is 1. The molecule has 0 radical (unpaired) electrons. The van der Waals surface area contributed by atoms with Gasteiger partial charge in [-0.1, -0.05) is 121 Å². The minimum atomic E-state index is 0.579. The molecule has 5 heterocycles. The van der Waals surface area contributed by atoms with Gasteiger partial charge < -0.3 is 8.98 Å². The summed E-state index contributed by atoms with van der Waals surface area (Å²) in [5, 5.41) is 8.81. The van der Waals surface area contributed by atoms with Crippen LogP contribution in [0.2, 0.25) is 0 Å². The fourth-order valence-electron chi connectivity index (χ4n) is 9.42. The lowest BCUT2D eigenvalue weighted by molar-refractivity contribution is 0.670. The van der Waals surface area contributed by atoms with Crippen molar-refractivity contribution in [3.8, 4) is 34.0 Å². The lowest BCUT2D eigenvalue weighted by Gasteiger charge is -2.12. The normalized spacial score (nSPS) is 12.1. The molecule has 6 heteroatoms. The van der Waals surface area contributed by atoms with Crippen molar-refractivity contribution >= 4 is 87.4 Å². The van der Waals surface area contributed by atoms with E-state index < -0.39 is 0 Å². The molecule has 13 aromatic rings. The van der Waals surface area contributed by atoms with Gasteiger partial charge in [-0.25, -0.2) is 9.97 Å². The maximum atomic E-state index is 6.87. The lowest BCUT2D eigenvalue weighted by atomic mass is 9.97. The second-order valence-electron chi connectivity index (χ2n) is 15.2.